The van der Waals surface area contributed by atoms with Crippen LogP contribution in [0.5, 0.6) is 0 Å². The molecule has 0 aliphatic heterocycles. The van der Waals surface area contributed by atoms with Gasteiger partial charge in [-0.25, -0.2) is 9.09 Å². The molecular formula is C13H19N2O7P. The first-order valence-electron chi connectivity index (χ1n) is 6.12. The van der Waals surface area contributed by atoms with E-state index in [0.717, 1.165) is 14.2 Å². The Labute approximate surface area is 133 Å². The van der Waals surface area contributed by atoms with E-state index < -0.39 is 14.0 Å². The van der Waals surface area contributed by atoms with Gasteiger partial charge in [0.05, 0.1) is 0 Å². The van der Waals surface area contributed by atoms with E-state index in [1.165, 1.54) is 0 Å². The highest BCUT2D eigenvalue weighted by molar-refractivity contribution is 7.46. The molecule has 0 radical (unpaired) electrons. The number of hydrogen-bond donors (Lipinski definition) is 3. The molecule has 10 heteroatoms. The lowest BCUT2D eigenvalue weighted by Crippen LogP contribution is -2.35. The van der Waals surface area contributed by atoms with Gasteiger partial charge in [-0.2, -0.15) is 0 Å². The van der Waals surface area contributed by atoms with Crippen molar-refractivity contribution in [1.82, 2.24) is 9.97 Å². The van der Waals surface area contributed by atoms with Gasteiger partial charge in [0.15, 0.2) is 0 Å². The summed E-state index contributed by atoms with van der Waals surface area (Å²) < 4.78 is 22.0. The molecule has 0 spiro atoms. The Hall–Kier alpha value is -1.71. The Morgan fingerprint density at radius 3 is 1.26 bits per heavy atom. The van der Waals surface area contributed by atoms with Gasteiger partial charge in [-0.3, -0.25) is 9.97 Å². The van der Waals surface area contributed by atoms with Crippen LogP contribution in [-0.4, -0.2) is 45.2 Å². The van der Waals surface area contributed by atoms with E-state index in [-0.39, 0.29) is 0 Å². The maximum absolute atomic E-state index is 10.1. The molecule has 0 saturated carbocycles. The Morgan fingerprint density at radius 1 is 0.826 bits per heavy atom. The first kappa shape index (κ1) is 21.3. The van der Waals surface area contributed by atoms with Crippen molar-refractivity contribution in [1.29, 1.82) is 0 Å². The minimum Gasteiger partial charge on any atom is -0.319 e. The number of pyridine rings is 2. The number of aliphatic hydroxyl groups is 1. The standard InChI is InChI=1S/2C5H5N.C3H9O7P/c2*1-2-4-6-5-3-1;1-8-3(4,9-2)10-11(5,6)7/h2*1-5H;4H,1-2H3,(H2,5,6,7). The van der Waals surface area contributed by atoms with Gasteiger partial charge in [0.1, 0.15) is 0 Å². The summed E-state index contributed by atoms with van der Waals surface area (Å²) in [5.41, 5.74) is 0. The number of hydrogen-bond acceptors (Lipinski definition) is 7. The van der Waals surface area contributed by atoms with Crippen LogP contribution in [0.25, 0.3) is 0 Å². The van der Waals surface area contributed by atoms with E-state index in [0.29, 0.717) is 0 Å². The third-order valence-corrected chi connectivity index (χ3v) is 2.35. The second kappa shape index (κ2) is 11.8. The Kier molecular flexibility index (Phi) is 10.9. The second-order valence-electron chi connectivity index (χ2n) is 3.56. The molecule has 0 aliphatic carbocycles. The van der Waals surface area contributed by atoms with Crippen molar-refractivity contribution >= 4 is 7.82 Å². The van der Waals surface area contributed by atoms with E-state index in [2.05, 4.69) is 24.0 Å². The van der Waals surface area contributed by atoms with E-state index >= 15 is 0 Å². The molecule has 0 aromatic carbocycles. The van der Waals surface area contributed by atoms with E-state index in [1.807, 2.05) is 36.4 Å². The summed E-state index contributed by atoms with van der Waals surface area (Å²) in [5, 5.41) is 8.81. The lowest BCUT2D eigenvalue weighted by atomic mass is 10.5. The smallest absolute Gasteiger partial charge is 0.319 e. The molecule has 0 bridgehead atoms. The number of methoxy groups -OCH3 is 2. The molecule has 23 heavy (non-hydrogen) atoms. The van der Waals surface area contributed by atoms with Crippen LogP contribution in [0.4, 0.5) is 0 Å². The summed E-state index contributed by atoms with van der Waals surface area (Å²) in [7, 11) is -2.91. The van der Waals surface area contributed by atoms with Gasteiger partial charge in [-0.05, 0) is 24.3 Å². The summed E-state index contributed by atoms with van der Waals surface area (Å²) in [6.45, 7) is 0. The SMILES string of the molecule is COC(O)(OC)OP(=O)(O)O.c1ccncc1.c1ccncc1. The molecule has 9 nitrogen and oxygen atoms in total. The monoisotopic (exact) mass is 346 g/mol. The van der Waals surface area contributed by atoms with Gasteiger partial charge in [0.2, 0.25) is 0 Å². The lowest BCUT2D eigenvalue weighted by molar-refractivity contribution is -0.443. The van der Waals surface area contributed by atoms with Crippen LogP contribution in [0.2, 0.25) is 0 Å². The maximum atomic E-state index is 10.1. The average molecular weight is 346 g/mol. The highest BCUT2D eigenvalue weighted by Gasteiger charge is 2.36. The molecular weight excluding hydrogens is 327 g/mol. The molecule has 0 saturated heterocycles. The molecule has 2 heterocycles. The van der Waals surface area contributed by atoms with Gasteiger partial charge < -0.3 is 24.4 Å². The van der Waals surface area contributed by atoms with Crippen molar-refractivity contribution < 1.29 is 33.5 Å². The molecule has 0 aliphatic rings. The molecule has 3 N–H and O–H groups in total. The van der Waals surface area contributed by atoms with Crippen molar-refractivity contribution in [3.8, 4) is 0 Å². The molecule has 2 rings (SSSR count). The molecule has 0 amide bonds. The molecule has 0 fully saturated rings. The summed E-state index contributed by atoms with van der Waals surface area (Å²) in [6, 6.07) is 11.4. The van der Waals surface area contributed by atoms with Crippen LogP contribution in [0, 0.1) is 0 Å². The zero-order valence-corrected chi connectivity index (χ0v) is 13.5. The van der Waals surface area contributed by atoms with Crippen LogP contribution in [0.15, 0.2) is 61.2 Å². The van der Waals surface area contributed by atoms with Crippen molar-refractivity contribution in [3.63, 3.8) is 0 Å². The third kappa shape index (κ3) is 13.7. The van der Waals surface area contributed by atoms with Crippen molar-refractivity contribution in [2.24, 2.45) is 0 Å². The van der Waals surface area contributed by atoms with Crippen LogP contribution in [0.1, 0.15) is 0 Å². The largest absolute Gasteiger partial charge is 0.475 e. The molecule has 128 valence electrons. The Bertz CT molecular complexity index is 450. The van der Waals surface area contributed by atoms with Gasteiger partial charge in [-0.15, -0.1) is 0 Å². The summed E-state index contributed by atoms with van der Waals surface area (Å²) in [6.07, 6.45) is 4.30. The van der Waals surface area contributed by atoms with Crippen LogP contribution in [-0.2, 0) is 18.6 Å². The van der Waals surface area contributed by atoms with Crippen molar-refractivity contribution in [2.75, 3.05) is 14.2 Å². The van der Waals surface area contributed by atoms with Crippen molar-refractivity contribution in [2.45, 2.75) is 6.16 Å². The van der Waals surface area contributed by atoms with Gasteiger partial charge in [-0.1, -0.05) is 12.1 Å². The van der Waals surface area contributed by atoms with Crippen molar-refractivity contribution in [3.05, 3.63) is 61.2 Å². The topological polar surface area (TPSA) is 131 Å². The fourth-order valence-electron chi connectivity index (χ4n) is 0.933. The number of aromatic nitrogens is 2. The predicted molar refractivity (Wildman–Crippen MR) is 80.6 cm³/mol. The first-order valence-corrected chi connectivity index (χ1v) is 7.65. The van der Waals surface area contributed by atoms with Gasteiger partial charge in [0, 0.05) is 39.0 Å². The van der Waals surface area contributed by atoms with Gasteiger partial charge in [0.25, 0.3) is 0 Å². The highest BCUT2D eigenvalue weighted by Crippen LogP contribution is 2.40. The van der Waals surface area contributed by atoms with Crippen LogP contribution in [0.3, 0.4) is 0 Å². The molecule has 2 aromatic rings. The predicted octanol–water partition coefficient (Wildman–Crippen LogP) is 1.16. The fourth-order valence-corrected chi connectivity index (χ4v) is 1.38. The molecule has 0 unspecified atom stereocenters. The number of ether oxygens (including phenoxy) is 2. The normalized spacial score (nSPS) is 10.7. The molecule has 0 atom stereocenters. The number of nitrogens with zero attached hydrogens (tertiary/aromatic N) is 2. The first-order chi connectivity index (χ1) is 10.8. The summed E-state index contributed by atoms with van der Waals surface area (Å²) in [5.74, 6) is 0. The summed E-state index contributed by atoms with van der Waals surface area (Å²) >= 11 is 0. The van der Waals surface area contributed by atoms with Gasteiger partial charge >= 0.3 is 14.0 Å². The van der Waals surface area contributed by atoms with E-state index in [1.54, 1.807) is 24.8 Å². The third-order valence-electron chi connectivity index (χ3n) is 1.88. The summed E-state index contributed by atoms with van der Waals surface area (Å²) in [4.78, 5) is 23.9. The number of phosphoric ester groups is 1. The maximum Gasteiger partial charge on any atom is 0.475 e. The molecule has 2 aromatic heterocycles. The van der Waals surface area contributed by atoms with Crippen LogP contribution < -0.4 is 0 Å². The lowest BCUT2D eigenvalue weighted by Gasteiger charge is -2.22. The average Bonchev–Trinajstić information content (AvgIpc) is 2.57. The van der Waals surface area contributed by atoms with E-state index in [9.17, 15) is 4.57 Å². The number of rotatable bonds is 4. The second-order valence-corrected chi connectivity index (χ2v) is 4.73. The quantitative estimate of drug-likeness (QED) is 0.551. The van der Waals surface area contributed by atoms with Crippen LogP contribution >= 0.6 is 7.82 Å². The zero-order chi connectivity index (χ0) is 17.6. The minimum atomic E-state index is -4.82. The Balaban J connectivity index is 0.000000339. The minimum absolute atomic E-state index is 0.957. The Morgan fingerprint density at radius 2 is 1.17 bits per heavy atom. The number of phosphoric acid groups is 1. The van der Waals surface area contributed by atoms with E-state index in [4.69, 9.17) is 14.9 Å². The fraction of sp³-hybridized carbons (Fsp3) is 0.231. The highest BCUT2D eigenvalue weighted by atomic mass is 31.2. The zero-order valence-electron chi connectivity index (χ0n) is 12.6.